The van der Waals surface area contributed by atoms with Gasteiger partial charge in [-0.05, 0) is 43.9 Å². The molecule has 3 heteroatoms. The Morgan fingerprint density at radius 3 is 2.75 bits per heavy atom. The fraction of sp³-hybridized carbons (Fsp3) is 0.538. The molecule has 0 radical (unpaired) electrons. The van der Waals surface area contributed by atoms with E-state index in [1.807, 2.05) is 13.0 Å². The van der Waals surface area contributed by atoms with E-state index in [1.165, 1.54) is 5.56 Å². The highest BCUT2D eigenvalue weighted by Crippen LogP contribution is 2.17. The monoisotopic (exact) mass is 259 g/mol. The SMILES string of the molecule is Cc1ccc(CNC(C)CCCCl)c(Cl)c1. The topological polar surface area (TPSA) is 12.0 Å². The van der Waals surface area contributed by atoms with Crippen molar-refractivity contribution in [3.05, 3.63) is 34.3 Å². The highest BCUT2D eigenvalue weighted by molar-refractivity contribution is 6.31. The second kappa shape index (κ2) is 7.16. The second-order valence-electron chi connectivity index (χ2n) is 4.21. The fourth-order valence-electron chi connectivity index (χ4n) is 1.57. The van der Waals surface area contributed by atoms with Crippen LogP contribution < -0.4 is 5.32 Å². The van der Waals surface area contributed by atoms with Crippen molar-refractivity contribution in [2.24, 2.45) is 0 Å². The summed E-state index contributed by atoms with van der Waals surface area (Å²) in [7, 11) is 0. The Morgan fingerprint density at radius 1 is 1.38 bits per heavy atom. The van der Waals surface area contributed by atoms with E-state index < -0.39 is 0 Å². The molecule has 0 saturated carbocycles. The van der Waals surface area contributed by atoms with Gasteiger partial charge >= 0.3 is 0 Å². The summed E-state index contributed by atoms with van der Waals surface area (Å²) in [6, 6.07) is 6.66. The summed E-state index contributed by atoms with van der Waals surface area (Å²) in [5.74, 6) is 0.733. The van der Waals surface area contributed by atoms with Crippen LogP contribution in [0.25, 0.3) is 0 Å². The Bertz CT molecular complexity index is 326. The zero-order valence-corrected chi connectivity index (χ0v) is 11.4. The van der Waals surface area contributed by atoms with E-state index in [4.69, 9.17) is 23.2 Å². The quantitative estimate of drug-likeness (QED) is 0.758. The number of aryl methyl sites for hydroxylation is 1. The number of halogens is 2. The zero-order chi connectivity index (χ0) is 12.0. The van der Waals surface area contributed by atoms with Crippen LogP contribution in [0, 0.1) is 6.92 Å². The summed E-state index contributed by atoms with van der Waals surface area (Å²) >= 11 is 11.8. The molecule has 1 aromatic carbocycles. The molecule has 1 atom stereocenters. The van der Waals surface area contributed by atoms with E-state index >= 15 is 0 Å². The Labute approximate surface area is 108 Å². The first-order valence-electron chi connectivity index (χ1n) is 5.68. The van der Waals surface area contributed by atoms with E-state index in [0.29, 0.717) is 6.04 Å². The van der Waals surface area contributed by atoms with Gasteiger partial charge in [-0.2, -0.15) is 0 Å². The van der Waals surface area contributed by atoms with Gasteiger partial charge in [-0.3, -0.25) is 0 Å². The standard InChI is InChI=1S/C13H19Cl2N/c1-10-5-6-12(13(15)8-10)9-16-11(2)4-3-7-14/h5-6,8,11,16H,3-4,7,9H2,1-2H3. The van der Waals surface area contributed by atoms with Crippen molar-refractivity contribution in [3.8, 4) is 0 Å². The maximum Gasteiger partial charge on any atom is 0.0453 e. The van der Waals surface area contributed by atoms with Crippen LogP contribution in [0.1, 0.15) is 30.9 Å². The molecule has 16 heavy (non-hydrogen) atoms. The minimum absolute atomic E-state index is 0.483. The molecule has 1 rings (SSSR count). The van der Waals surface area contributed by atoms with Crippen molar-refractivity contribution in [2.75, 3.05) is 5.88 Å². The molecule has 1 unspecified atom stereocenters. The van der Waals surface area contributed by atoms with Crippen LogP contribution in [0.4, 0.5) is 0 Å². The van der Waals surface area contributed by atoms with E-state index in [-0.39, 0.29) is 0 Å². The van der Waals surface area contributed by atoms with Gasteiger partial charge in [0.25, 0.3) is 0 Å². The van der Waals surface area contributed by atoms with Crippen molar-refractivity contribution in [1.29, 1.82) is 0 Å². The molecule has 0 spiro atoms. The summed E-state index contributed by atoms with van der Waals surface area (Å²) in [5, 5.41) is 4.30. The van der Waals surface area contributed by atoms with E-state index in [1.54, 1.807) is 0 Å². The molecule has 0 amide bonds. The van der Waals surface area contributed by atoms with E-state index in [0.717, 1.165) is 35.9 Å². The summed E-state index contributed by atoms with van der Waals surface area (Å²) < 4.78 is 0. The lowest BCUT2D eigenvalue weighted by Crippen LogP contribution is -2.25. The van der Waals surface area contributed by atoms with Crippen molar-refractivity contribution in [1.82, 2.24) is 5.32 Å². The van der Waals surface area contributed by atoms with Gasteiger partial charge in [-0.1, -0.05) is 23.7 Å². The van der Waals surface area contributed by atoms with Crippen molar-refractivity contribution in [2.45, 2.75) is 39.3 Å². The summed E-state index contributed by atoms with van der Waals surface area (Å²) in [6.07, 6.45) is 2.16. The van der Waals surface area contributed by atoms with Gasteiger partial charge in [0.1, 0.15) is 0 Å². The molecule has 90 valence electrons. The number of hydrogen-bond donors (Lipinski definition) is 1. The van der Waals surface area contributed by atoms with E-state index in [2.05, 4.69) is 24.4 Å². The maximum atomic E-state index is 6.16. The van der Waals surface area contributed by atoms with Gasteiger partial charge in [-0.15, -0.1) is 11.6 Å². The molecule has 0 aromatic heterocycles. The van der Waals surface area contributed by atoms with Crippen LogP contribution in [0.5, 0.6) is 0 Å². The van der Waals surface area contributed by atoms with Gasteiger partial charge in [0.05, 0.1) is 0 Å². The Hall–Kier alpha value is -0.240. The van der Waals surface area contributed by atoms with Gasteiger partial charge in [0.15, 0.2) is 0 Å². The van der Waals surface area contributed by atoms with Crippen LogP contribution in [0.2, 0.25) is 5.02 Å². The lowest BCUT2D eigenvalue weighted by Gasteiger charge is -2.14. The van der Waals surface area contributed by atoms with Gasteiger partial charge in [0.2, 0.25) is 0 Å². The van der Waals surface area contributed by atoms with Crippen LogP contribution in [0.15, 0.2) is 18.2 Å². The second-order valence-corrected chi connectivity index (χ2v) is 4.99. The highest BCUT2D eigenvalue weighted by Gasteiger charge is 2.03. The first-order chi connectivity index (χ1) is 7.63. The fourth-order valence-corrected chi connectivity index (χ4v) is 2.02. The van der Waals surface area contributed by atoms with Gasteiger partial charge < -0.3 is 5.32 Å². The summed E-state index contributed by atoms with van der Waals surface area (Å²) in [6.45, 7) is 5.05. The first-order valence-corrected chi connectivity index (χ1v) is 6.59. The Balaban J connectivity index is 2.42. The van der Waals surface area contributed by atoms with Crippen molar-refractivity contribution >= 4 is 23.2 Å². The molecule has 0 aliphatic heterocycles. The smallest absolute Gasteiger partial charge is 0.0453 e. The Kier molecular flexibility index (Phi) is 6.18. The predicted molar refractivity (Wildman–Crippen MR) is 72.4 cm³/mol. The average Bonchev–Trinajstić information content (AvgIpc) is 2.25. The third-order valence-corrected chi connectivity index (χ3v) is 3.24. The zero-order valence-electron chi connectivity index (χ0n) is 9.89. The number of rotatable bonds is 6. The number of alkyl halides is 1. The van der Waals surface area contributed by atoms with Crippen LogP contribution in [-0.2, 0) is 6.54 Å². The highest BCUT2D eigenvalue weighted by atomic mass is 35.5. The number of hydrogen-bond acceptors (Lipinski definition) is 1. The third-order valence-electron chi connectivity index (χ3n) is 2.62. The predicted octanol–water partition coefficient (Wildman–Crippen LogP) is 4.15. The van der Waals surface area contributed by atoms with Gasteiger partial charge in [0, 0.05) is 23.5 Å². The number of nitrogens with one attached hydrogen (secondary N) is 1. The third kappa shape index (κ3) is 4.73. The minimum Gasteiger partial charge on any atom is -0.310 e. The first kappa shape index (κ1) is 13.8. The molecule has 1 N–H and O–H groups in total. The molecule has 1 nitrogen and oxygen atoms in total. The molecular weight excluding hydrogens is 241 g/mol. The van der Waals surface area contributed by atoms with Gasteiger partial charge in [-0.25, -0.2) is 0 Å². The van der Waals surface area contributed by atoms with Crippen LogP contribution in [0.3, 0.4) is 0 Å². The molecule has 0 aliphatic carbocycles. The molecule has 0 aliphatic rings. The number of benzene rings is 1. The molecule has 1 aromatic rings. The van der Waals surface area contributed by atoms with Crippen molar-refractivity contribution in [3.63, 3.8) is 0 Å². The minimum atomic E-state index is 0.483. The molecule has 0 saturated heterocycles. The maximum absolute atomic E-state index is 6.16. The lowest BCUT2D eigenvalue weighted by atomic mass is 10.1. The van der Waals surface area contributed by atoms with Crippen molar-refractivity contribution < 1.29 is 0 Å². The normalized spacial score (nSPS) is 12.8. The van der Waals surface area contributed by atoms with Crippen LogP contribution in [-0.4, -0.2) is 11.9 Å². The van der Waals surface area contributed by atoms with E-state index in [9.17, 15) is 0 Å². The molecular formula is C13H19Cl2N. The lowest BCUT2D eigenvalue weighted by molar-refractivity contribution is 0.509. The summed E-state index contributed by atoms with van der Waals surface area (Å²) in [4.78, 5) is 0. The molecule has 0 fully saturated rings. The molecule has 0 heterocycles. The molecule has 0 bridgehead atoms. The summed E-state index contributed by atoms with van der Waals surface area (Å²) in [5.41, 5.74) is 2.36. The van der Waals surface area contributed by atoms with Crippen LogP contribution >= 0.6 is 23.2 Å². The largest absolute Gasteiger partial charge is 0.310 e. The Morgan fingerprint density at radius 2 is 2.12 bits per heavy atom. The average molecular weight is 260 g/mol.